The molecule has 0 rings (SSSR count). The average Bonchev–Trinajstić information content (AvgIpc) is 2.11. The Kier molecular flexibility index (Phi) is 4.67. The Hall–Kier alpha value is -1.54. The van der Waals surface area contributed by atoms with Crippen LogP contribution in [0.4, 0.5) is 0 Å². The molecule has 0 heterocycles. The van der Waals surface area contributed by atoms with E-state index in [0.717, 1.165) is 0 Å². The Morgan fingerprint density at radius 1 is 1.29 bits per heavy atom. The van der Waals surface area contributed by atoms with Crippen LogP contribution in [0.25, 0.3) is 0 Å². The number of aliphatic hydroxyl groups is 1. The molecule has 0 radical (unpaired) electrons. The molecule has 1 N–H and O–H groups in total. The molecule has 0 aromatic carbocycles. The zero-order valence-electron chi connectivity index (χ0n) is 8.07. The number of terminal acetylenes is 1. The number of esters is 2. The van der Waals surface area contributed by atoms with Crippen molar-refractivity contribution < 1.29 is 24.2 Å². The molecular weight excluding hydrogens is 188 g/mol. The van der Waals surface area contributed by atoms with Gasteiger partial charge in [0.25, 0.3) is 0 Å². The minimum atomic E-state index is -1.75. The fraction of sp³-hybridized carbons (Fsp3) is 0.556. The molecule has 14 heavy (non-hydrogen) atoms. The fourth-order valence-electron chi connectivity index (χ4n) is 0.567. The Morgan fingerprint density at radius 3 is 1.86 bits per heavy atom. The van der Waals surface area contributed by atoms with Crippen molar-refractivity contribution in [2.75, 3.05) is 13.2 Å². The van der Waals surface area contributed by atoms with Gasteiger partial charge in [-0.3, -0.25) is 9.59 Å². The van der Waals surface area contributed by atoms with Crippen LogP contribution in [0.15, 0.2) is 0 Å². The van der Waals surface area contributed by atoms with Crippen molar-refractivity contribution in [2.45, 2.75) is 19.4 Å². The molecule has 0 saturated heterocycles. The lowest BCUT2D eigenvalue weighted by Crippen LogP contribution is -2.39. The summed E-state index contributed by atoms with van der Waals surface area (Å²) in [6.07, 6.45) is 5.00. The summed E-state index contributed by atoms with van der Waals surface area (Å²) in [5.74, 6) is 0.854. The van der Waals surface area contributed by atoms with E-state index in [9.17, 15) is 14.7 Å². The van der Waals surface area contributed by atoms with E-state index in [4.69, 9.17) is 6.42 Å². The molecule has 0 spiro atoms. The van der Waals surface area contributed by atoms with Crippen LogP contribution in [0.5, 0.6) is 0 Å². The summed E-state index contributed by atoms with van der Waals surface area (Å²) < 4.78 is 9.01. The summed E-state index contributed by atoms with van der Waals surface area (Å²) in [6, 6.07) is 0. The van der Waals surface area contributed by atoms with Crippen molar-refractivity contribution in [3.05, 3.63) is 0 Å². The van der Waals surface area contributed by atoms with Crippen LogP contribution >= 0.6 is 0 Å². The van der Waals surface area contributed by atoms with Crippen molar-refractivity contribution in [1.29, 1.82) is 0 Å². The standard InChI is InChI=1S/C9H12O5/c1-4-9(12,5-13-7(2)10)6-14-8(3)11/h1,12H,5-6H2,2-3H3. The van der Waals surface area contributed by atoms with E-state index in [1.807, 2.05) is 5.92 Å². The van der Waals surface area contributed by atoms with Gasteiger partial charge in [0.1, 0.15) is 13.2 Å². The second-order valence-electron chi connectivity index (χ2n) is 2.74. The van der Waals surface area contributed by atoms with Gasteiger partial charge in [0.2, 0.25) is 0 Å². The van der Waals surface area contributed by atoms with E-state index < -0.39 is 30.8 Å². The van der Waals surface area contributed by atoms with Crippen LogP contribution in [0.1, 0.15) is 13.8 Å². The summed E-state index contributed by atoms with van der Waals surface area (Å²) in [6.45, 7) is 1.57. The number of rotatable bonds is 4. The van der Waals surface area contributed by atoms with Gasteiger partial charge in [-0.2, -0.15) is 0 Å². The topological polar surface area (TPSA) is 72.8 Å². The lowest BCUT2D eigenvalue weighted by molar-refractivity contribution is -0.154. The molecule has 5 nitrogen and oxygen atoms in total. The SMILES string of the molecule is C#CC(O)(COC(C)=O)COC(C)=O. The molecule has 0 aliphatic heterocycles. The maximum Gasteiger partial charge on any atom is 0.302 e. The second kappa shape index (κ2) is 5.25. The van der Waals surface area contributed by atoms with E-state index >= 15 is 0 Å². The third-order valence-electron chi connectivity index (χ3n) is 1.30. The molecular formula is C9H12O5. The summed E-state index contributed by atoms with van der Waals surface area (Å²) in [5.41, 5.74) is -1.75. The van der Waals surface area contributed by atoms with Gasteiger partial charge in [-0.15, -0.1) is 6.42 Å². The van der Waals surface area contributed by atoms with Crippen molar-refractivity contribution in [1.82, 2.24) is 0 Å². The molecule has 0 fully saturated rings. The molecule has 0 aliphatic carbocycles. The summed E-state index contributed by atoms with van der Waals surface area (Å²) >= 11 is 0. The minimum absolute atomic E-state index is 0.397. The van der Waals surface area contributed by atoms with Gasteiger partial charge in [0, 0.05) is 13.8 Å². The third kappa shape index (κ3) is 5.17. The van der Waals surface area contributed by atoms with Crippen molar-refractivity contribution in [3.63, 3.8) is 0 Å². The molecule has 0 saturated carbocycles. The fourth-order valence-corrected chi connectivity index (χ4v) is 0.567. The van der Waals surface area contributed by atoms with Gasteiger partial charge < -0.3 is 14.6 Å². The van der Waals surface area contributed by atoms with Gasteiger partial charge in [-0.05, 0) is 0 Å². The molecule has 0 aromatic rings. The lowest BCUT2D eigenvalue weighted by atomic mass is 10.1. The normalized spacial score (nSPS) is 10.1. The van der Waals surface area contributed by atoms with Crippen molar-refractivity contribution in [3.8, 4) is 12.3 Å². The Morgan fingerprint density at radius 2 is 1.64 bits per heavy atom. The predicted molar refractivity (Wildman–Crippen MR) is 47.0 cm³/mol. The number of hydrogen-bond acceptors (Lipinski definition) is 5. The molecule has 0 aliphatic rings. The first kappa shape index (κ1) is 12.5. The maximum absolute atomic E-state index is 10.4. The van der Waals surface area contributed by atoms with Crippen LogP contribution < -0.4 is 0 Å². The Bertz CT molecular complexity index is 245. The van der Waals surface area contributed by atoms with Crippen molar-refractivity contribution in [2.24, 2.45) is 0 Å². The molecule has 78 valence electrons. The lowest BCUT2D eigenvalue weighted by Gasteiger charge is -2.20. The predicted octanol–water partition coefficient (Wildman–Crippen LogP) is -0.523. The molecule has 5 heteroatoms. The first-order chi connectivity index (χ1) is 6.39. The first-order valence-corrected chi connectivity index (χ1v) is 3.86. The number of hydrogen-bond donors (Lipinski definition) is 1. The van der Waals surface area contributed by atoms with E-state index in [-0.39, 0.29) is 0 Å². The highest BCUT2D eigenvalue weighted by Gasteiger charge is 2.27. The molecule has 0 atom stereocenters. The van der Waals surface area contributed by atoms with Gasteiger partial charge >= 0.3 is 11.9 Å². The summed E-state index contributed by atoms with van der Waals surface area (Å²) in [7, 11) is 0. The second-order valence-corrected chi connectivity index (χ2v) is 2.74. The van der Waals surface area contributed by atoms with Crippen LogP contribution in [-0.4, -0.2) is 35.9 Å². The van der Waals surface area contributed by atoms with Crippen LogP contribution in [-0.2, 0) is 19.1 Å². The van der Waals surface area contributed by atoms with Crippen LogP contribution in [0.3, 0.4) is 0 Å². The minimum Gasteiger partial charge on any atom is -0.462 e. The van der Waals surface area contributed by atoms with Gasteiger partial charge in [0.05, 0.1) is 0 Å². The number of carbonyl (C=O) groups excluding carboxylic acids is 2. The maximum atomic E-state index is 10.4. The van der Waals surface area contributed by atoms with Crippen molar-refractivity contribution >= 4 is 11.9 Å². The zero-order valence-corrected chi connectivity index (χ0v) is 8.07. The Balaban J connectivity index is 4.12. The zero-order chi connectivity index (χ0) is 11.2. The molecule has 0 aromatic heterocycles. The van der Waals surface area contributed by atoms with Gasteiger partial charge in [-0.1, -0.05) is 5.92 Å². The van der Waals surface area contributed by atoms with Gasteiger partial charge in [-0.25, -0.2) is 0 Å². The number of carbonyl (C=O) groups is 2. The largest absolute Gasteiger partial charge is 0.462 e. The number of ether oxygens (including phenoxy) is 2. The third-order valence-corrected chi connectivity index (χ3v) is 1.30. The highest BCUT2D eigenvalue weighted by atomic mass is 16.6. The van der Waals surface area contributed by atoms with Crippen LogP contribution in [0, 0.1) is 12.3 Å². The smallest absolute Gasteiger partial charge is 0.302 e. The highest BCUT2D eigenvalue weighted by molar-refractivity contribution is 5.66. The first-order valence-electron chi connectivity index (χ1n) is 3.86. The molecule has 0 bridgehead atoms. The monoisotopic (exact) mass is 200 g/mol. The molecule has 0 unspecified atom stereocenters. The highest BCUT2D eigenvalue weighted by Crippen LogP contribution is 2.05. The van der Waals surface area contributed by atoms with E-state index in [1.54, 1.807) is 0 Å². The van der Waals surface area contributed by atoms with Gasteiger partial charge in [0.15, 0.2) is 5.60 Å². The van der Waals surface area contributed by atoms with Crippen LogP contribution in [0.2, 0.25) is 0 Å². The molecule has 0 amide bonds. The van der Waals surface area contributed by atoms with E-state index in [2.05, 4.69) is 9.47 Å². The van der Waals surface area contributed by atoms with E-state index in [0.29, 0.717) is 0 Å². The van der Waals surface area contributed by atoms with E-state index in [1.165, 1.54) is 13.8 Å². The summed E-state index contributed by atoms with van der Waals surface area (Å²) in [4.78, 5) is 20.9. The quantitative estimate of drug-likeness (QED) is 0.488. The summed E-state index contributed by atoms with van der Waals surface area (Å²) in [5, 5.41) is 9.53. The average molecular weight is 200 g/mol. The Labute approximate surface area is 82.0 Å².